The summed E-state index contributed by atoms with van der Waals surface area (Å²) in [5.74, 6) is 0.703. The van der Waals surface area contributed by atoms with Crippen LogP contribution in [0.5, 0.6) is 5.75 Å². The van der Waals surface area contributed by atoms with E-state index in [9.17, 15) is 13.2 Å². The van der Waals surface area contributed by atoms with Crippen LogP contribution in [-0.2, 0) is 23.1 Å². The summed E-state index contributed by atoms with van der Waals surface area (Å²) in [6, 6.07) is 16.3. The molecular formula is C21H22N4O4S. The number of hydrogen-bond acceptors (Lipinski definition) is 5. The molecule has 156 valence electrons. The lowest BCUT2D eigenvalue weighted by molar-refractivity contribution is 0.251. The predicted octanol–water partition coefficient (Wildman–Crippen LogP) is 2.89. The van der Waals surface area contributed by atoms with Crippen LogP contribution in [0.4, 0.5) is 10.5 Å². The van der Waals surface area contributed by atoms with Gasteiger partial charge in [-0.25, -0.2) is 17.9 Å². The Bertz CT molecular complexity index is 1070. The number of carbonyl (C=O) groups is 1. The van der Waals surface area contributed by atoms with E-state index in [4.69, 9.17) is 4.74 Å². The van der Waals surface area contributed by atoms with Crippen LogP contribution in [0.25, 0.3) is 0 Å². The molecule has 0 aliphatic heterocycles. The van der Waals surface area contributed by atoms with Crippen molar-refractivity contribution in [3.63, 3.8) is 0 Å². The number of nitrogens with zero attached hydrogens (tertiary/aromatic N) is 1. The fourth-order valence-electron chi connectivity index (χ4n) is 2.58. The molecule has 0 aliphatic carbocycles. The van der Waals surface area contributed by atoms with Gasteiger partial charge in [-0.05, 0) is 53.6 Å². The smallest absolute Gasteiger partial charge is 0.319 e. The lowest BCUT2D eigenvalue weighted by Gasteiger charge is -2.10. The number of hydrogen-bond donors (Lipinski definition) is 3. The Balaban J connectivity index is 1.53. The first-order valence-electron chi connectivity index (χ1n) is 9.13. The third kappa shape index (κ3) is 6.03. The van der Waals surface area contributed by atoms with Gasteiger partial charge in [-0.1, -0.05) is 18.2 Å². The van der Waals surface area contributed by atoms with E-state index in [-0.39, 0.29) is 11.4 Å². The third-order valence-electron chi connectivity index (χ3n) is 4.22. The lowest BCUT2D eigenvalue weighted by atomic mass is 10.2. The average molecular weight is 426 g/mol. The normalized spacial score (nSPS) is 11.0. The zero-order valence-electron chi connectivity index (χ0n) is 16.3. The highest BCUT2D eigenvalue weighted by Gasteiger charge is 2.14. The predicted molar refractivity (Wildman–Crippen MR) is 114 cm³/mol. The number of benzene rings is 2. The van der Waals surface area contributed by atoms with Crippen molar-refractivity contribution < 1.29 is 17.9 Å². The molecule has 3 rings (SSSR count). The SMILES string of the molecule is COc1ccc(CNS(=O)(=O)c2ccc(NC(=O)NCc3cccnc3)cc2)cc1. The summed E-state index contributed by atoms with van der Waals surface area (Å²) in [7, 11) is -2.11. The molecule has 0 bridgehead atoms. The molecule has 0 spiro atoms. The van der Waals surface area contributed by atoms with E-state index in [2.05, 4.69) is 20.3 Å². The largest absolute Gasteiger partial charge is 0.497 e. The van der Waals surface area contributed by atoms with Gasteiger partial charge in [0, 0.05) is 31.2 Å². The van der Waals surface area contributed by atoms with Crippen LogP contribution in [0.3, 0.4) is 0 Å². The van der Waals surface area contributed by atoms with Crippen molar-refractivity contribution in [2.45, 2.75) is 18.0 Å². The molecule has 1 heterocycles. The van der Waals surface area contributed by atoms with E-state index in [0.29, 0.717) is 18.0 Å². The van der Waals surface area contributed by atoms with E-state index >= 15 is 0 Å². The Kier molecular flexibility index (Phi) is 6.99. The fraction of sp³-hybridized carbons (Fsp3) is 0.143. The van der Waals surface area contributed by atoms with Crippen LogP contribution in [0.15, 0.2) is 78.0 Å². The van der Waals surface area contributed by atoms with E-state index < -0.39 is 16.1 Å². The number of amides is 2. The fourth-order valence-corrected chi connectivity index (χ4v) is 3.60. The van der Waals surface area contributed by atoms with Crippen LogP contribution in [-0.4, -0.2) is 26.5 Å². The zero-order valence-corrected chi connectivity index (χ0v) is 17.1. The molecule has 1 aromatic heterocycles. The molecule has 0 saturated heterocycles. The molecule has 0 radical (unpaired) electrons. The van der Waals surface area contributed by atoms with Crippen LogP contribution in [0, 0.1) is 0 Å². The Morgan fingerprint density at radius 1 is 0.967 bits per heavy atom. The third-order valence-corrected chi connectivity index (χ3v) is 5.64. The van der Waals surface area contributed by atoms with Crippen LogP contribution >= 0.6 is 0 Å². The van der Waals surface area contributed by atoms with E-state index in [1.54, 1.807) is 49.8 Å². The monoisotopic (exact) mass is 426 g/mol. The van der Waals surface area contributed by atoms with Crippen LogP contribution < -0.4 is 20.1 Å². The average Bonchev–Trinajstić information content (AvgIpc) is 2.78. The molecular weight excluding hydrogens is 404 g/mol. The van der Waals surface area contributed by atoms with Gasteiger partial charge in [0.25, 0.3) is 0 Å². The van der Waals surface area contributed by atoms with Crippen molar-refractivity contribution in [2.75, 3.05) is 12.4 Å². The number of rotatable bonds is 8. The Morgan fingerprint density at radius 3 is 2.33 bits per heavy atom. The minimum absolute atomic E-state index is 0.109. The summed E-state index contributed by atoms with van der Waals surface area (Å²) >= 11 is 0. The number of nitrogens with one attached hydrogen (secondary N) is 3. The van der Waals surface area contributed by atoms with Gasteiger partial charge in [-0.2, -0.15) is 0 Å². The van der Waals surface area contributed by atoms with Gasteiger partial charge < -0.3 is 15.4 Å². The highest BCUT2D eigenvalue weighted by Crippen LogP contribution is 2.15. The quantitative estimate of drug-likeness (QED) is 0.513. The highest BCUT2D eigenvalue weighted by atomic mass is 32.2. The minimum atomic E-state index is -3.68. The molecule has 0 unspecified atom stereocenters. The maximum Gasteiger partial charge on any atom is 0.319 e. The van der Waals surface area contributed by atoms with Crippen LogP contribution in [0.1, 0.15) is 11.1 Å². The first-order chi connectivity index (χ1) is 14.5. The second-order valence-corrected chi connectivity index (χ2v) is 8.13. The van der Waals surface area contributed by atoms with E-state index in [1.807, 2.05) is 6.07 Å². The number of aromatic nitrogens is 1. The van der Waals surface area contributed by atoms with Gasteiger partial charge in [0.2, 0.25) is 10.0 Å². The van der Waals surface area contributed by atoms with Crippen molar-refractivity contribution in [1.82, 2.24) is 15.0 Å². The minimum Gasteiger partial charge on any atom is -0.497 e. The second-order valence-electron chi connectivity index (χ2n) is 6.37. The molecule has 9 heteroatoms. The van der Waals surface area contributed by atoms with Gasteiger partial charge in [-0.15, -0.1) is 0 Å². The maximum absolute atomic E-state index is 12.5. The van der Waals surface area contributed by atoms with Crippen molar-refractivity contribution in [3.8, 4) is 5.75 Å². The summed E-state index contributed by atoms with van der Waals surface area (Å²) in [5.41, 5.74) is 2.16. The molecule has 0 atom stereocenters. The highest BCUT2D eigenvalue weighted by molar-refractivity contribution is 7.89. The Morgan fingerprint density at radius 2 is 1.70 bits per heavy atom. The second kappa shape index (κ2) is 9.86. The van der Waals surface area contributed by atoms with Crippen molar-refractivity contribution in [3.05, 3.63) is 84.2 Å². The number of methoxy groups -OCH3 is 1. The molecule has 2 amide bonds. The molecule has 0 saturated carbocycles. The Labute approximate surface area is 175 Å². The summed E-state index contributed by atoms with van der Waals surface area (Å²) in [4.78, 5) is 16.1. The standard InChI is InChI=1S/C21H22N4O4S/c1-29-19-8-4-16(5-9-19)15-24-30(27,28)20-10-6-18(7-11-20)25-21(26)23-14-17-3-2-12-22-13-17/h2-13,24H,14-15H2,1H3,(H2,23,25,26). The zero-order chi connectivity index (χ0) is 21.4. The van der Waals surface area contributed by atoms with Crippen molar-refractivity contribution >= 4 is 21.7 Å². The number of urea groups is 1. The summed E-state index contributed by atoms with van der Waals surface area (Å²) < 4.78 is 32.6. The summed E-state index contributed by atoms with van der Waals surface area (Å²) in [6.45, 7) is 0.491. The van der Waals surface area contributed by atoms with Crippen molar-refractivity contribution in [2.24, 2.45) is 0 Å². The first-order valence-corrected chi connectivity index (χ1v) is 10.6. The molecule has 2 aromatic carbocycles. The number of ether oxygens (including phenoxy) is 1. The number of carbonyl (C=O) groups excluding carboxylic acids is 1. The van der Waals surface area contributed by atoms with Crippen LogP contribution in [0.2, 0.25) is 0 Å². The molecule has 3 N–H and O–H groups in total. The topological polar surface area (TPSA) is 109 Å². The van der Waals surface area contributed by atoms with E-state index in [0.717, 1.165) is 11.1 Å². The van der Waals surface area contributed by atoms with E-state index in [1.165, 1.54) is 24.3 Å². The summed E-state index contributed by atoms with van der Waals surface area (Å²) in [6.07, 6.45) is 3.32. The van der Waals surface area contributed by atoms with Gasteiger partial charge >= 0.3 is 6.03 Å². The van der Waals surface area contributed by atoms with Gasteiger partial charge in [-0.3, -0.25) is 4.98 Å². The van der Waals surface area contributed by atoms with Crippen molar-refractivity contribution in [1.29, 1.82) is 0 Å². The van der Waals surface area contributed by atoms with Gasteiger partial charge in [0.15, 0.2) is 0 Å². The lowest BCUT2D eigenvalue weighted by Crippen LogP contribution is -2.28. The number of sulfonamides is 1. The molecule has 30 heavy (non-hydrogen) atoms. The summed E-state index contributed by atoms with van der Waals surface area (Å²) in [5, 5.41) is 5.37. The molecule has 8 nitrogen and oxygen atoms in total. The maximum atomic E-state index is 12.5. The van der Waals surface area contributed by atoms with Gasteiger partial charge in [0.1, 0.15) is 5.75 Å². The molecule has 0 fully saturated rings. The Hall–Kier alpha value is -3.43. The molecule has 3 aromatic rings. The first kappa shape index (κ1) is 21.3. The number of anilines is 1. The van der Waals surface area contributed by atoms with Gasteiger partial charge in [0.05, 0.1) is 12.0 Å². The molecule has 0 aliphatic rings. The number of pyridine rings is 1.